The molecule has 0 aliphatic heterocycles. The summed E-state index contributed by atoms with van der Waals surface area (Å²) in [6, 6.07) is 20.2. The van der Waals surface area contributed by atoms with E-state index in [4.69, 9.17) is 4.98 Å². The molecule has 6 nitrogen and oxygen atoms in total. The highest BCUT2D eigenvalue weighted by molar-refractivity contribution is 7.13. The highest BCUT2D eigenvalue weighted by atomic mass is 32.1. The number of carbonyl (C=O) groups is 1. The molecule has 0 bridgehead atoms. The zero-order valence-electron chi connectivity index (χ0n) is 15.0. The van der Waals surface area contributed by atoms with Gasteiger partial charge in [0.15, 0.2) is 0 Å². The maximum atomic E-state index is 12.4. The Morgan fingerprint density at radius 2 is 1.79 bits per heavy atom. The summed E-state index contributed by atoms with van der Waals surface area (Å²) >= 11 is 1.58. The first kappa shape index (κ1) is 17.8. The van der Waals surface area contributed by atoms with E-state index < -0.39 is 0 Å². The van der Waals surface area contributed by atoms with Crippen molar-refractivity contribution in [1.82, 2.24) is 14.8 Å². The number of amides is 1. The van der Waals surface area contributed by atoms with Crippen molar-refractivity contribution < 1.29 is 4.79 Å². The number of anilines is 1. The molecular weight excluding hydrogens is 372 g/mol. The fraction of sp³-hybridized carbons (Fsp3) is 0.0476. The summed E-state index contributed by atoms with van der Waals surface area (Å²) in [7, 11) is 1.51. The quantitative estimate of drug-likeness (QED) is 0.577. The normalized spacial score (nSPS) is 10.6. The molecule has 4 aromatic rings. The Hall–Kier alpha value is -3.58. The van der Waals surface area contributed by atoms with Gasteiger partial charge in [0.05, 0.1) is 5.69 Å². The third-order valence-corrected chi connectivity index (χ3v) is 5.03. The van der Waals surface area contributed by atoms with Crippen molar-refractivity contribution >= 4 is 22.9 Å². The molecule has 4 rings (SSSR count). The Bertz CT molecular complexity index is 1200. The van der Waals surface area contributed by atoms with Crippen molar-refractivity contribution in [3.05, 3.63) is 88.2 Å². The molecule has 0 unspecified atom stereocenters. The number of nitrogens with zero attached hydrogens (tertiary/aromatic N) is 3. The number of aryl methyl sites for hydroxylation is 1. The van der Waals surface area contributed by atoms with Crippen LogP contribution in [0.5, 0.6) is 0 Å². The van der Waals surface area contributed by atoms with E-state index in [1.807, 2.05) is 53.9 Å². The minimum Gasteiger partial charge on any atom is -0.321 e. The number of aromatic nitrogens is 3. The van der Waals surface area contributed by atoms with Crippen LogP contribution in [-0.2, 0) is 7.05 Å². The number of rotatable bonds is 4. The lowest BCUT2D eigenvalue weighted by Crippen LogP contribution is -2.23. The fourth-order valence-corrected chi connectivity index (χ4v) is 3.53. The molecule has 2 aromatic heterocycles. The third kappa shape index (κ3) is 3.74. The predicted octanol–water partition coefficient (Wildman–Crippen LogP) is 3.82. The van der Waals surface area contributed by atoms with Gasteiger partial charge in [-0.1, -0.05) is 42.5 Å². The lowest BCUT2D eigenvalue weighted by Gasteiger charge is -2.07. The van der Waals surface area contributed by atoms with Gasteiger partial charge in [0.1, 0.15) is 10.7 Å². The lowest BCUT2D eigenvalue weighted by molar-refractivity contribution is 0.102. The summed E-state index contributed by atoms with van der Waals surface area (Å²) in [5.41, 5.74) is 3.37. The second-order valence-electron chi connectivity index (χ2n) is 6.12. The van der Waals surface area contributed by atoms with Crippen LogP contribution in [0, 0.1) is 0 Å². The Balaban J connectivity index is 1.56. The molecule has 0 spiro atoms. The smallest absolute Gasteiger partial charge is 0.276 e. The third-order valence-electron chi connectivity index (χ3n) is 4.13. The molecule has 7 heteroatoms. The first-order valence-electron chi connectivity index (χ1n) is 8.57. The van der Waals surface area contributed by atoms with Gasteiger partial charge in [-0.05, 0) is 18.2 Å². The number of nitrogens with one attached hydrogen (secondary N) is 1. The van der Waals surface area contributed by atoms with Crippen LogP contribution in [0.1, 0.15) is 10.5 Å². The molecule has 1 amide bonds. The molecule has 2 heterocycles. The molecule has 0 atom stereocenters. The van der Waals surface area contributed by atoms with Crippen LogP contribution < -0.4 is 10.9 Å². The monoisotopic (exact) mass is 388 g/mol. The van der Waals surface area contributed by atoms with Crippen LogP contribution in [0.2, 0.25) is 0 Å². The van der Waals surface area contributed by atoms with E-state index in [1.54, 1.807) is 17.4 Å². The van der Waals surface area contributed by atoms with Crippen LogP contribution in [0.25, 0.3) is 21.8 Å². The second kappa shape index (κ2) is 7.58. The molecule has 0 aliphatic rings. The summed E-state index contributed by atoms with van der Waals surface area (Å²) in [5, 5.41) is 9.72. The number of carbonyl (C=O) groups excluding carboxylic acids is 1. The van der Waals surface area contributed by atoms with Crippen LogP contribution in [0.4, 0.5) is 5.69 Å². The van der Waals surface area contributed by atoms with Crippen LogP contribution >= 0.6 is 11.3 Å². The molecule has 1 N–H and O–H groups in total. The standard InChI is InChI=1S/C21H16N4O2S/c1-25-19(26)11-10-17(24-25)20(27)22-16-9-5-8-15(12-16)18-13-28-21(23-18)14-6-3-2-4-7-14/h2-13H,1H3,(H,22,27). The van der Waals surface area contributed by atoms with E-state index in [0.29, 0.717) is 5.69 Å². The average Bonchev–Trinajstić information content (AvgIpc) is 3.21. The van der Waals surface area contributed by atoms with Crippen molar-refractivity contribution in [2.45, 2.75) is 0 Å². The van der Waals surface area contributed by atoms with Crippen molar-refractivity contribution in [2.24, 2.45) is 7.05 Å². The van der Waals surface area contributed by atoms with E-state index in [1.165, 1.54) is 19.2 Å². The van der Waals surface area contributed by atoms with E-state index in [0.717, 1.165) is 26.5 Å². The van der Waals surface area contributed by atoms with Gasteiger partial charge in [0.2, 0.25) is 0 Å². The second-order valence-corrected chi connectivity index (χ2v) is 6.98. The Morgan fingerprint density at radius 3 is 2.57 bits per heavy atom. The summed E-state index contributed by atoms with van der Waals surface area (Å²) < 4.78 is 1.13. The van der Waals surface area contributed by atoms with E-state index in [2.05, 4.69) is 10.4 Å². The highest BCUT2D eigenvalue weighted by Gasteiger charge is 2.11. The molecule has 28 heavy (non-hydrogen) atoms. The van der Waals surface area contributed by atoms with E-state index >= 15 is 0 Å². The Morgan fingerprint density at radius 1 is 1.00 bits per heavy atom. The molecule has 0 fully saturated rings. The van der Waals surface area contributed by atoms with E-state index in [-0.39, 0.29) is 17.2 Å². The van der Waals surface area contributed by atoms with Crippen molar-refractivity contribution in [3.8, 4) is 21.8 Å². The van der Waals surface area contributed by atoms with Gasteiger partial charge in [-0.15, -0.1) is 11.3 Å². The summed E-state index contributed by atoms with van der Waals surface area (Å²) in [4.78, 5) is 28.5. The molecular formula is C21H16N4O2S. The molecule has 0 saturated heterocycles. The molecule has 0 saturated carbocycles. The van der Waals surface area contributed by atoms with Gasteiger partial charge in [0, 0.05) is 35.3 Å². The number of hydrogen-bond donors (Lipinski definition) is 1. The van der Waals surface area contributed by atoms with E-state index in [9.17, 15) is 9.59 Å². The Kier molecular flexibility index (Phi) is 4.82. The van der Waals surface area contributed by atoms with Crippen molar-refractivity contribution in [1.29, 1.82) is 0 Å². The zero-order chi connectivity index (χ0) is 19.5. The van der Waals surface area contributed by atoms with Gasteiger partial charge in [-0.25, -0.2) is 9.67 Å². The topological polar surface area (TPSA) is 76.9 Å². The van der Waals surface area contributed by atoms with Gasteiger partial charge in [-0.3, -0.25) is 9.59 Å². The van der Waals surface area contributed by atoms with Crippen molar-refractivity contribution in [2.75, 3.05) is 5.32 Å². The minimum absolute atomic E-state index is 0.174. The summed E-state index contributed by atoms with van der Waals surface area (Å²) in [5.74, 6) is -0.379. The van der Waals surface area contributed by atoms with Gasteiger partial charge in [0.25, 0.3) is 11.5 Å². The zero-order valence-corrected chi connectivity index (χ0v) is 15.8. The number of hydrogen-bond acceptors (Lipinski definition) is 5. The Labute approximate surface area is 165 Å². The summed E-state index contributed by atoms with van der Waals surface area (Å²) in [6.07, 6.45) is 0. The van der Waals surface area contributed by atoms with Crippen molar-refractivity contribution in [3.63, 3.8) is 0 Å². The minimum atomic E-state index is -0.379. The average molecular weight is 388 g/mol. The molecule has 0 radical (unpaired) electrons. The van der Waals surface area contributed by atoms with Crippen LogP contribution in [0.3, 0.4) is 0 Å². The summed E-state index contributed by atoms with van der Waals surface area (Å²) in [6.45, 7) is 0. The molecule has 2 aromatic carbocycles. The maximum Gasteiger partial charge on any atom is 0.276 e. The predicted molar refractivity (Wildman–Crippen MR) is 110 cm³/mol. The van der Waals surface area contributed by atoms with Gasteiger partial charge < -0.3 is 5.32 Å². The van der Waals surface area contributed by atoms with Gasteiger partial charge in [-0.2, -0.15) is 5.10 Å². The maximum absolute atomic E-state index is 12.4. The highest BCUT2D eigenvalue weighted by Crippen LogP contribution is 2.29. The number of benzene rings is 2. The lowest BCUT2D eigenvalue weighted by atomic mass is 10.1. The van der Waals surface area contributed by atoms with Gasteiger partial charge >= 0.3 is 0 Å². The van der Waals surface area contributed by atoms with Crippen LogP contribution in [0.15, 0.2) is 76.9 Å². The molecule has 0 aliphatic carbocycles. The first-order valence-corrected chi connectivity index (χ1v) is 9.45. The number of thiazole rings is 1. The SMILES string of the molecule is Cn1nc(C(=O)Nc2cccc(-c3csc(-c4ccccc4)n3)c2)ccc1=O. The first-order chi connectivity index (χ1) is 13.6. The molecule has 138 valence electrons. The fourth-order valence-electron chi connectivity index (χ4n) is 2.69. The largest absolute Gasteiger partial charge is 0.321 e. The van der Waals surface area contributed by atoms with Crippen LogP contribution in [-0.4, -0.2) is 20.7 Å².